The molecule has 0 atom stereocenters. The maximum atomic E-state index is 12.4. The Morgan fingerprint density at radius 2 is 1.56 bits per heavy atom. The van der Waals surface area contributed by atoms with Gasteiger partial charge in [0.2, 0.25) is 0 Å². The summed E-state index contributed by atoms with van der Waals surface area (Å²) in [5.74, 6) is 2.23. The van der Waals surface area contributed by atoms with Crippen LogP contribution >= 0.6 is 22.6 Å². The molecule has 288 valence electrons. The lowest BCUT2D eigenvalue weighted by Gasteiger charge is -2.20. The normalized spacial score (nSPS) is 11.4. The molecule has 0 aliphatic heterocycles. The van der Waals surface area contributed by atoms with Crippen molar-refractivity contribution in [3.8, 4) is 28.1 Å². The van der Waals surface area contributed by atoms with E-state index >= 15 is 0 Å². The zero-order valence-corrected chi connectivity index (χ0v) is 33.6. The van der Waals surface area contributed by atoms with Gasteiger partial charge in [-0.05, 0) is 101 Å². The molecule has 0 spiro atoms. The van der Waals surface area contributed by atoms with Gasteiger partial charge in [0.15, 0.2) is 0 Å². The van der Waals surface area contributed by atoms with E-state index in [4.69, 9.17) is 24.0 Å². The molecular formula is C44H51IN6O4. The van der Waals surface area contributed by atoms with Crippen molar-refractivity contribution < 1.29 is 18.8 Å². The van der Waals surface area contributed by atoms with Gasteiger partial charge in [-0.1, -0.05) is 70.3 Å². The van der Waals surface area contributed by atoms with Crippen molar-refractivity contribution in [1.29, 1.82) is 0 Å². The molecule has 0 saturated carbocycles. The Bertz CT molecular complexity index is 2650. The monoisotopic (exact) mass is 854 g/mol. The number of nitrogens with one attached hydrogen (secondary N) is 2. The van der Waals surface area contributed by atoms with Crippen molar-refractivity contribution in [2.75, 3.05) is 7.11 Å². The van der Waals surface area contributed by atoms with Crippen molar-refractivity contribution in [2.45, 2.75) is 88.7 Å². The van der Waals surface area contributed by atoms with Crippen LogP contribution in [0.1, 0.15) is 78.1 Å². The van der Waals surface area contributed by atoms with E-state index in [2.05, 4.69) is 88.0 Å². The number of H-pyrrole nitrogens is 2. The van der Waals surface area contributed by atoms with E-state index < -0.39 is 5.60 Å². The molecule has 55 heavy (non-hydrogen) atoms. The number of para-hydroxylation sites is 2. The third kappa shape index (κ3) is 7.33. The van der Waals surface area contributed by atoms with Crippen molar-refractivity contribution in [3.63, 3.8) is 0 Å². The topological polar surface area (TPSA) is 124 Å². The number of halogens is 1. The molecule has 2 N–H and O–H groups in total. The average Bonchev–Trinajstić information content (AvgIpc) is 3.86. The highest BCUT2D eigenvalue weighted by Gasteiger charge is 2.25. The van der Waals surface area contributed by atoms with Gasteiger partial charge in [-0.3, -0.25) is 0 Å². The first-order chi connectivity index (χ1) is 25.3. The maximum absolute atomic E-state index is 12.4. The summed E-state index contributed by atoms with van der Waals surface area (Å²) in [4.78, 5) is 29.2. The van der Waals surface area contributed by atoms with Gasteiger partial charge in [0.05, 0.1) is 35.0 Å². The molecule has 0 aliphatic rings. The Balaban J connectivity index is 0.000000237. The number of hydrogen-bond donors (Lipinski definition) is 2. The predicted molar refractivity (Wildman–Crippen MR) is 233 cm³/mol. The highest BCUT2D eigenvalue weighted by molar-refractivity contribution is 14.1. The molecule has 5 heterocycles. The lowest BCUT2D eigenvalue weighted by atomic mass is 9.98. The molecule has 0 amide bonds. The molecule has 0 unspecified atom stereocenters. The van der Waals surface area contributed by atoms with Gasteiger partial charge < -0.3 is 24.0 Å². The number of rotatable bonds is 5. The molecule has 0 saturated heterocycles. The van der Waals surface area contributed by atoms with Gasteiger partial charge in [-0.2, -0.15) is 0 Å². The summed E-state index contributed by atoms with van der Waals surface area (Å²) in [5, 5.41) is 8.40. The number of carbonyl (C=O) groups excluding carboxylic acids is 1. The van der Waals surface area contributed by atoms with Gasteiger partial charge in [-0.25, -0.2) is 19.3 Å². The molecule has 5 aromatic heterocycles. The van der Waals surface area contributed by atoms with Crippen LogP contribution in [0.2, 0.25) is 0 Å². The number of hydrogen-bond acceptors (Lipinski definition) is 7. The fraction of sp³-hybridized carbons (Fsp3) is 0.318. The van der Waals surface area contributed by atoms with E-state index in [1.807, 2.05) is 65.8 Å². The number of ether oxygens (including phenoxy) is 2. The van der Waals surface area contributed by atoms with E-state index in [0.29, 0.717) is 0 Å². The lowest BCUT2D eigenvalue weighted by Crippen LogP contribution is -2.28. The van der Waals surface area contributed by atoms with Gasteiger partial charge in [0.1, 0.15) is 28.6 Å². The molecular weight excluding hydrogens is 803 g/mol. The first-order valence-corrected chi connectivity index (χ1v) is 18.8. The number of methoxy groups -OCH3 is 1. The standard InChI is InChI=1S/C27H25N5O2.C15H18INO2.2CH4/c1-6-19-24(16-9-7-8-10-20(16)30-19)26-25-17-12-22(33-5)18(23-13(2)32-34-14(23)3)11-21(17)31-27(25)29-15(4)28-26;1-5-11-13(16)10-8-6-7-9-12(10)17(11)14(18)19-15(2,3)4;;/h7-12,30H,6H2,1-5H3,(H,28,29,31);6-9H,5H2,1-4H3;2*1H4. The third-order valence-electron chi connectivity index (χ3n) is 9.38. The second-order valence-corrected chi connectivity index (χ2v) is 15.2. The first kappa shape index (κ1) is 41.0. The van der Waals surface area contributed by atoms with E-state index in [1.165, 1.54) is 0 Å². The minimum atomic E-state index is -0.487. The molecule has 0 fully saturated rings. The van der Waals surface area contributed by atoms with Crippen molar-refractivity contribution in [2.24, 2.45) is 0 Å². The quantitative estimate of drug-likeness (QED) is 0.165. The van der Waals surface area contributed by atoms with Crippen LogP contribution in [0, 0.1) is 24.3 Å². The highest BCUT2D eigenvalue weighted by atomic mass is 127. The van der Waals surface area contributed by atoms with Crippen LogP contribution in [0.25, 0.3) is 66.1 Å². The minimum Gasteiger partial charge on any atom is -0.496 e. The number of benzene rings is 3. The van der Waals surface area contributed by atoms with Crippen LogP contribution in [0.5, 0.6) is 5.75 Å². The van der Waals surface area contributed by atoms with Crippen molar-refractivity contribution >= 4 is 72.4 Å². The van der Waals surface area contributed by atoms with E-state index in [-0.39, 0.29) is 20.9 Å². The van der Waals surface area contributed by atoms with E-state index in [0.717, 1.165) is 117 Å². The molecule has 11 heteroatoms. The Labute approximate surface area is 336 Å². The van der Waals surface area contributed by atoms with Crippen LogP contribution in [-0.2, 0) is 17.6 Å². The number of aryl methyl sites for hydroxylation is 4. The molecule has 0 aliphatic carbocycles. The number of fused-ring (bicyclic) bond motifs is 5. The number of nitrogens with zero attached hydrogens (tertiary/aromatic N) is 4. The highest BCUT2D eigenvalue weighted by Crippen LogP contribution is 2.43. The van der Waals surface area contributed by atoms with Gasteiger partial charge >= 0.3 is 6.09 Å². The number of carbonyl (C=O) groups is 1. The largest absolute Gasteiger partial charge is 0.496 e. The van der Waals surface area contributed by atoms with Crippen molar-refractivity contribution in [3.05, 3.63) is 92.9 Å². The second kappa shape index (κ2) is 15.9. The summed E-state index contributed by atoms with van der Waals surface area (Å²) in [5.41, 5.74) is 10.2. The zero-order chi connectivity index (χ0) is 37.8. The summed E-state index contributed by atoms with van der Waals surface area (Å²) in [7, 11) is 1.69. The molecule has 3 aromatic carbocycles. The third-order valence-corrected chi connectivity index (χ3v) is 10.6. The van der Waals surface area contributed by atoms with Crippen LogP contribution in [0.4, 0.5) is 4.79 Å². The molecule has 0 bridgehead atoms. The van der Waals surface area contributed by atoms with Crippen LogP contribution in [0.3, 0.4) is 0 Å². The first-order valence-electron chi connectivity index (χ1n) is 17.8. The van der Waals surface area contributed by atoms with Crippen LogP contribution in [-0.4, -0.2) is 48.5 Å². The summed E-state index contributed by atoms with van der Waals surface area (Å²) in [6.45, 7) is 15.7. The second-order valence-electron chi connectivity index (χ2n) is 14.1. The van der Waals surface area contributed by atoms with Gasteiger partial charge in [0, 0.05) is 53.3 Å². The Morgan fingerprint density at radius 3 is 2.20 bits per heavy atom. The van der Waals surface area contributed by atoms with Gasteiger partial charge in [-0.15, -0.1) is 0 Å². The summed E-state index contributed by atoms with van der Waals surface area (Å²) in [6.07, 6.45) is 1.37. The van der Waals surface area contributed by atoms with E-state index in [9.17, 15) is 4.79 Å². The fourth-order valence-corrected chi connectivity index (χ4v) is 8.24. The molecule has 10 nitrogen and oxygen atoms in total. The summed E-state index contributed by atoms with van der Waals surface area (Å²) in [6, 6.07) is 20.5. The SMILES string of the molecule is C.C.CCc1[nH]c2ccccc2c1-c1nc(C)nc2[nH]c3cc(-c4c(C)noc4C)c(OC)cc3c12.CCc1c(I)c2ccccc2n1C(=O)OC(C)(C)C. The average molecular weight is 855 g/mol. The number of aromatic amines is 2. The lowest BCUT2D eigenvalue weighted by molar-refractivity contribution is 0.0540. The molecule has 0 radical (unpaired) electrons. The minimum absolute atomic E-state index is 0. The van der Waals surface area contributed by atoms with Crippen molar-refractivity contribution in [1.82, 2.24) is 29.7 Å². The summed E-state index contributed by atoms with van der Waals surface area (Å²) < 4.78 is 19.6. The smallest absolute Gasteiger partial charge is 0.419 e. The van der Waals surface area contributed by atoms with Crippen LogP contribution < -0.4 is 4.74 Å². The Morgan fingerprint density at radius 1 is 0.873 bits per heavy atom. The maximum Gasteiger partial charge on any atom is 0.419 e. The number of aromatic nitrogens is 6. The summed E-state index contributed by atoms with van der Waals surface area (Å²) >= 11 is 2.30. The van der Waals surface area contributed by atoms with Gasteiger partial charge in [0.25, 0.3) is 0 Å². The predicted octanol–water partition coefficient (Wildman–Crippen LogP) is 12.3. The zero-order valence-electron chi connectivity index (χ0n) is 31.5. The molecule has 8 aromatic rings. The van der Waals surface area contributed by atoms with E-state index in [1.54, 1.807) is 11.7 Å². The molecule has 8 rings (SSSR count). The Kier molecular flexibility index (Phi) is 11.9. The fourth-order valence-electron chi connectivity index (χ4n) is 7.16. The Hall–Kier alpha value is -5.17. The van der Waals surface area contributed by atoms with Crippen LogP contribution in [0.15, 0.2) is 65.2 Å².